The molecule has 3 rings (SSSR count). The number of hydrogen-bond donors (Lipinski definition) is 0. The van der Waals surface area contributed by atoms with E-state index >= 15 is 4.39 Å². The third-order valence-corrected chi connectivity index (χ3v) is 10.1. The molecule has 0 N–H and O–H groups in total. The molecule has 1 heterocycles. The lowest BCUT2D eigenvalue weighted by Crippen LogP contribution is -2.46. The Morgan fingerprint density at radius 3 is 2.50 bits per heavy atom. The van der Waals surface area contributed by atoms with Crippen LogP contribution in [-0.4, -0.2) is 69.2 Å². The molecule has 0 aromatic heterocycles. The van der Waals surface area contributed by atoms with Crippen molar-refractivity contribution in [3.63, 3.8) is 0 Å². The smallest absolute Gasteiger partial charge is 0.418 e. The summed E-state index contributed by atoms with van der Waals surface area (Å²) >= 11 is 1.18. The lowest BCUT2D eigenvalue weighted by atomic mass is 9.85. The van der Waals surface area contributed by atoms with E-state index in [1.54, 1.807) is 27.7 Å². The summed E-state index contributed by atoms with van der Waals surface area (Å²) in [4.78, 5) is 19.4. The Morgan fingerprint density at radius 1 is 1.26 bits per heavy atom. The highest BCUT2D eigenvalue weighted by atomic mass is 32.2. The van der Waals surface area contributed by atoms with Crippen LogP contribution in [0.2, 0.25) is 25.7 Å². The van der Waals surface area contributed by atoms with Gasteiger partial charge in [0.25, 0.3) is 10.1 Å². The van der Waals surface area contributed by atoms with E-state index in [1.165, 1.54) is 28.8 Å². The number of hydrogen-bond acceptors (Lipinski definition) is 8. The minimum atomic E-state index is -3.77. The number of amidine groups is 1. The molecule has 1 amide bonds. The molecule has 1 fully saturated rings. The highest BCUT2D eigenvalue weighted by Crippen LogP contribution is 2.66. The normalized spacial score (nSPS) is 25.4. The van der Waals surface area contributed by atoms with Crippen molar-refractivity contribution in [2.24, 2.45) is 10.9 Å². The SMILES string of the molecule is CC(C)(C)OC(=O)N(COCC[Si](C)(C)C)C1=N[C@](C)(c2cccc(F)c2F)[C@@H]2C[C@]2(COS(C)(=O)=O)S1. The molecule has 1 aliphatic carbocycles. The van der Waals surface area contributed by atoms with Gasteiger partial charge in [0.2, 0.25) is 0 Å². The van der Waals surface area contributed by atoms with Gasteiger partial charge in [-0.1, -0.05) is 43.5 Å². The molecule has 3 atom stereocenters. The average molecular weight is 593 g/mol. The number of rotatable bonds is 9. The molecule has 0 saturated heterocycles. The number of nitrogens with zero attached hydrogens (tertiary/aromatic N) is 2. The molecule has 0 unspecified atom stereocenters. The molecule has 0 bridgehead atoms. The van der Waals surface area contributed by atoms with Crippen LogP contribution in [0.25, 0.3) is 0 Å². The maximum Gasteiger partial charge on any atom is 0.418 e. The zero-order valence-corrected chi connectivity index (χ0v) is 25.9. The van der Waals surface area contributed by atoms with Crippen molar-refractivity contribution in [2.45, 2.75) is 75.7 Å². The maximum absolute atomic E-state index is 15.1. The summed E-state index contributed by atoms with van der Waals surface area (Å²) in [5, 5.41) is 0.171. The molecule has 38 heavy (non-hydrogen) atoms. The van der Waals surface area contributed by atoms with Crippen LogP contribution in [0.5, 0.6) is 0 Å². The van der Waals surface area contributed by atoms with Crippen LogP contribution in [0.1, 0.15) is 39.7 Å². The van der Waals surface area contributed by atoms with E-state index in [1.807, 2.05) is 0 Å². The zero-order chi connectivity index (χ0) is 28.7. The Labute approximate surface area is 229 Å². The third kappa shape index (κ3) is 7.55. The van der Waals surface area contributed by atoms with E-state index in [9.17, 15) is 17.6 Å². The lowest BCUT2D eigenvalue weighted by molar-refractivity contribution is 0.0110. The number of ether oxygens (including phenoxy) is 2. The van der Waals surface area contributed by atoms with E-state index in [4.69, 9.17) is 18.6 Å². The Morgan fingerprint density at radius 2 is 1.92 bits per heavy atom. The van der Waals surface area contributed by atoms with Crippen LogP contribution < -0.4 is 0 Å². The molecule has 214 valence electrons. The van der Waals surface area contributed by atoms with Gasteiger partial charge in [-0.05, 0) is 46.2 Å². The van der Waals surface area contributed by atoms with E-state index in [0.717, 1.165) is 18.4 Å². The van der Waals surface area contributed by atoms with Gasteiger partial charge in [-0.3, -0.25) is 9.18 Å². The van der Waals surface area contributed by atoms with Gasteiger partial charge < -0.3 is 9.47 Å². The summed E-state index contributed by atoms with van der Waals surface area (Å²) in [5.41, 5.74) is -2.10. The Kier molecular flexibility index (Phi) is 8.80. The number of carbonyl (C=O) groups is 1. The van der Waals surface area contributed by atoms with E-state index < -0.39 is 51.8 Å². The quantitative estimate of drug-likeness (QED) is 0.160. The largest absolute Gasteiger partial charge is 0.443 e. The van der Waals surface area contributed by atoms with E-state index in [0.29, 0.717) is 13.0 Å². The van der Waals surface area contributed by atoms with Crippen LogP contribution >= 0.6 is 11.8 Å². The topological polar surface area (TPSA) is 94.5 Å². The second kappa shape index (κ2) is 10.8. The number of halogens is 2. The fourth-order valence-corrected chi connectivity index (χ4v) is 7.11. The first kappa shape index (κ1) is 31.0. The second-order valence-electron chi connectivity index (χ2n) is 12.3. The minimum absolute atomic E-state index is 0.0188. The molecule has 1 aliphatic heterocycles. The molecule has 0 spiro atoms. The standard InChI is InChI=1S/C25H38F2N2O6S2Si/c1-23(2,3)35-22(30)29(16-33-12-13-38(6,7)8)21-28-24(4,17-10-9-11-18(26)20(17)27)19-14-25(19,36-21)15-34-37(5,31)32/h9-11,19H,12-16H2,1-8H3/t19-,24+,25+/m0/s1. The second-order valence-corrected chi connectivity index (χ2v) is 20.9. The Balaban J connectivity index is 2.04. The number of fused-ring (bicyclic) bond motifs is 1. The lowest BCUT2D eigenvalue weighted by Gasteiger charge is -2.38. The van der Waals surface area contributed by atoms with Crippen LogP contribution in [0, 0.1) is 17.6 Å². The zero-order valence-electron chi connectivity index (χ0n) is 23.3. The van der Waals surface area contributed by atoms with E-state index in [-0.39, 0.29) is 30.0 Å². The van der Waals surface area contributed by atoms with Gasteiger partial charge in [0.1, 0.15) is 12.3 Å². The predicted molar refractivity (Wildman–Crippen MR) is 147 cm³/mol. The molecule has 1 aromatic rings. The first-order chi connectivity index (χ1) is 17.3. The van der Waals surface area contributed by atoms with Crippen molar-refractivity contribution >= 4 is 41.2 Å². The van der Waals surface area contributed by atoms with Gasteiger partial charge in [-0.15, -0.1) is 0 Å². The van der Waals surface area contributed by atoms with Crippen LogP contribution in [0.3, 0.4) is 0 Å². The van der Waals surface area contributed by atoms with Gasteiger partial charge in [0.05, 0.1) is 23.1 Å². The summed E-state index contributed by atoms with van der Waals surface area (Å²) in [6.45, 7) is 13.5. The average Bonchev–Trinajstić information content (AvgIpc) is 3.48. The number of carbonyl (C=O) groups excluding carboxylic acids is 1. The van der Waals surface area contributed by atoms with Crippen molar-refractivity contribution in [3.05, 3.63) is 35.4 Å². The van der Waals surface area contributed by atoms with Gasteiger partial charge in [0.15, 0.2) is 16.8 Å². The van der Waals surface area contributed by atoms with Crippen LogP contribution in [0.4, 0.5) is 13.6 Å². The summed E-state index contributed by atoms with van der Waals surface area (Å²) in [5.74, 6) is -2.42. The van der Waals surface area contributed by atoms with Gasteiger partial charge in [0, 0.05) is 26.2 Å². The molecule has 0 radical (unpaired) electrons. The van der Waals surface area contributed by atoms with Crippen molar-refractivity contribution in [1.29, 1.82) is 0 Å². The van der Waals surface area contributed by atoms with Crippen LogP contribution in [-0.2, 0) is 29.3 Å². The maximum atomic E-state index is 15.1. The third-order valence-electron chi connectivity index (χ3n) is 6.40. The number of amides is 1. The fraction of sp³-hybridized carbons (Fsp3) is 0.680. The van der Waals surface area contributed by atoms with Crippen molar-refractivity contribution in [1.82, 2.24) is 4.90 Å². The predicted octanol–water partition coefficient (Wildman–Crippen LogP) is 5.57. The molecule has 1 aromatic carbocycles. The highest BCUT2D eigenvalue weighted by molar-refractivity contribution is 8.15. The fourth-order valence-electron chi connectivity index (χ4n) is 4.28. The van der Waals surface area contributed by atoms with Crippen LogP contribution in [0.15, 0.2) is 23.2 Å². The molecule has 8 nitrogen and oxygen atoms in total. The number of thioether (sulfide) groups is 1. The molecule has 13 heteroatoms. The van der Waals surface area contributed by atoms with Gasteiger partial charge >= 0.3 is 6.09 Å². The number of aliphatic imine (C=N–C) groups is 1. The van der Waals surface area contributed by atoms with E-state index in [2.05, 4.69) is 19.6 Å². The van der Waals surface area contributed by atoms with Crippen molar-refractivity contribution < 1.29 is 35.6 Å². The summed E-state index contributed by atoms with van der Waals surface area (Å²) in [6, 6.07) is 4.75. The van der Waals surface area contributed by atoms with Gasteiger partial charge in [-0.2, -0.15) is 8.42 Å². The Bertz CT molecular complexity index is 1200. The molecule has 2 aliphatic rings. The van der Waals surface area contributed by atoms with Gasteiger partial charge in [-0.25, -0.2) is 18.5 Å². The minimum Gasteiger partial charge on any atom is -0.443 e. The number of benzene rings is 1. The first-order valence-corrected chi connectivity index (χ1v) is 18.8. The monoisotopic (exact) mass is 592 g/mol. The van der Waals surface area contributed by atoms with Crippen molar-refractivity contribution in [3.8, 4) is 0 Å². The van der Waals surface area contributed by atoms with Crippen molar-refractivity contribution in [2.75, 3.05) is 26.2 Å². The summed E-state index contributed by atoms with van der Waals surface area (Å²) in [6.07, 6.45) is 0.664. The molecule has 1 saturated carbocycles. The first-order valence-electron chi connectivity index (χ1n) is 12.4. The molecular weight excluding hydrogens is 554 g/mol. The Hall–Kier alpha value is -1.54. The summed E-state index contributed by atoms with van der Waals surface area (Å²) in [7, 11) is -5.18. The molecular formula is C25H38F2N2O6S2Si. The summed E-state index contributed by atoms with van der Waals surface area (Å²) < 4.78 is 68.9. The highest BCUT2D eigenvalue weighted by Gasteiger charge is 2.68.